The first kappa shape index (κ1) is 34.8. The van der Waals surface area contributed by atoms with E-state index in [0.717, 1.165) is 8.87 Å². The van der Waals surface area contributed by atoms with Crippen LogP contribution in [0.1, 0.15) is 40.2 Å². The standard InChI is InChI=1S/C32H36N6O8S2/c1-31(2,3)46-29(42)23(35-28(41)26-32(4,5)47-19-37(26)48(44,45)22-8-6-14-33-17-22)16-20-10-12-21(13-11-20)38-27-24(9-7-15-34-27)36(30(38)43)18-25(39)40/h6-15,17,23,26H,16,18-19H2,1-5H3,(H,35,41)(H,39,40)/t23-,26+/m0/s1. The fourth-order valence-corrected chi connectivity index (χ4v) is 8.59. The number of carbonyl (C=O) groups excluding carboxylic acids is 2. The summed E-state index contributed by atoms with van der Waals surface area (Å²) < 4.78 is 35.5. The van der Waals surface area contributed by atoms with Crippen molar-refractivity contribution in [3.8, 4) is 5.69 Å². The first-order valence-electron chi connectivity index (χ1n) is 15.0. The number of carboxylic acid groups (broad SMARTS) is 1. The van der Waals surface area contributed by atoms with Crippen LogP contribution in [0.4, 0.5) is 0 Å². The highest BCUT2D eigenvalue weighted by Gasteiger charge is 2.51. The number of aromatic nitrogens is 4. The predicted molar refractivity (Wildman–Crippen MR) is 178 cm³/mol. The number of aliphatic carboxylic acids is 1. The smallest absolute Gasteiger partial charge is 0.335 e. The van der Waals surface area contributed by atoms with Crippen molar-refractivity contribution >= 4 is 50.8 Å². The maximum absolute atomic E-state index is 14.0. The molecule has 2 atom stereocenters. The van der Waals surface area contributed by atoms with Crippen molar-refractivity contribution < 1.29 is 32.6 Å². The Morgan fingerprint density at radius 3 is 2.42 bits per heavy atom. The Balaban J connectivity index is 1.44. The number of hydrogen-bond acceptors (Lipinski definition) is 10. The van der Waals surface area contributed by atoms with Gasteiger partial charge in [-0.05, 0) is 76.6 Å². The molecule has 0 saturated carbocycles. The number of benzene rings is 1. The molecule has 0 bridgehead atoms. The van der Waals surface area contributed by atoms with Gasteiger partial charge < -0.3 is 15.2 Å². The van der Waals surface area contributed by atoms with Gasteiger partial charge in [0.1, 0.15) is 29.1 Å². The van der Waals surface area contributed by atoms with Crippen LogP contribution in [0.5, 0.6) is 0 Å². The second-order valence-electron chi connectivity index (χ2n) is 12.8. The van der Waals surface area contributed by atoms with E-state index in [0.29, 0.717) is 16.8 Å². The minimum Gasteiger partial charge on any atom is -0.480 e. The lowest BCUT2D eigenvalue weighted by molar-refractivity contribution is -0.158. The van der Waals surface area contributed by atoms with E-state index in [4.69, 9.17) is 4.74 Å². The molecule has 0 spiro atoms. The number of sulfonamides is 1. The van der Waals surface area contributed by atoms with Crippen molar-refractivity contribution in [1.29, 1.82) is 0 Å². The van der Waals surface area contributed by atoms with Crippen LogP contribution in [0.2, 0.25) is 0 Å². The molecular weight excluding hydrogens is 661 g/mol. The molecule has 1 saturated heterocycles. The van der Waals surface area contributed by atoms with Crippen LogP contribution in [-0.2, 0) is 42.1 Å². The molecular formula is C32H36N6O8S2. The average molecular weight is 697 g/mol. The summed E-state index contributed by atoms with van der Waals surface area (Å²) in [7, 11) is -4.10. The molecule has 1 fully saturated rings. The highest BCUT2D eigenvalue weighted by Crippen LogP contribution is 2.42. The van der Waals surface area contributed by atoms with E-state index in [1.54, 1.807) is 71.0 Å². The van der Waals surface area contributed by atoms with E-state index in [1.807, 2.05) is 0 Å². The van der Waals surface area contributed by atoms with Gasteiger partial charge in [0, 0.05) is 29.8 Å². The minimum absolute atomic E-state index is 0.00942. The van der Waals surface area contributed by atoms with Crippen LogP contribution in [0.25, 0.3) is 16.9 Å². The quantitative estimate of drug-likeness (QED) is 0.233. The van der Waals surface area contributed by atoms with Crippen molar-refractivity contribution in [2.75, 3.05) is 5.88 Å². The maximum atomic E-state index is 14.0. The Bertz CT molecular complexity index is 2020. The number of nitrogens with zero attached hydrogens (tertiary/aromatic N) is 5. The minimum atomic E-state index is -4.10. The molecule has 16 heteroatoms. The monoisotopic (exact) mass is 696 g/mol. The molecule has 4 aromatic rings. The summed E-state index contributed by atoms with van der Waals surface area (Å²) in [6.45, 7) is 8.09. The lowest BCUT2D eigenvalue weighted by Crippen LogP contribution is -2.57. The van der Waals surface area contributed by atoms with Gasteiger partial charge in [0.05, 0.1) is 17.1 Å². The number of thioether (sulfide) groups is 1. The van der Waals surface area contributed by atoms with E-state index in [-0.39, 0.29) is 22.8 Å². The Hall–Kier alpha value is -4.54. The Morgan fingerprint density at radius 2 is 1.79 bits per heavy atom. The van der Waals surface area contributed by atoms with Crippen molar-refractivity contribution in [1.82, 2.24) is 28.7 Å². The Labute approximate surface area is 281 Å². The lowest BCUT2D eigenvalue weighted by Gasteiger charge is -2.32. The van der Waals surface area contributed by atoms with Gasteiger partial charge in [-0.25, -0.2) is 27.6 Å². The van der Waals surface area contributed by atoms with Crippen LogP contribution in [0.3, 0.4) is 0 Å². The van der Waals surface area contributed by atoms with Crippen LogP contribution in [-0.4, -0.2) is 83.1 Å². The van der Waals surface area contributed by atoms with E-state index in [2.05, 4.69) is 15.3 Å². The molecule has 254 valence electrons. The highest BCUT2D eigenvalue weighted by molar-refractivity contribution is 8.02. The summed E-state index contributed by atoms with van der Waals surface area (Å²) in [5.74, 6) is -2.52. The van der Waals surface area contributed by atoms with Crippen LogP contribution < -0.4 is 11.0 Å². The first-order valence-corrected chi connectivity index (χ1v) is 17.4. The molecule has 48 heavy (non-hydrogen) atoms. The molecule has 1 amide bonds. The van der Waals surface area contributed by atoms with Gasteiger partial charge in [0.25, 0.3) is 0 Å². The number of rotatable bonds is 10. The predicted octanol–water partition coefficient (Wildman–Crippen LogP) is 2.58. The van der Waals surface area contributed by atoms with Crippen LogP contribution in [0, 0.1) is 0 Å². The molecule has 2 N–H and O–H groups in total. The largest absolute Gasteiger partial charge is 0.480 e. The Kier molecular flexibility index (Phi) is 9.54. The Morgan fingerprint density at radius 1 is 1.10 bits per heavy atom. The third kappa shape index (κ3) is 7.15. The zero-order chi connectivity index (χ0) is 35.0. The summed E-state index contributed by atoms with van der Waals surface area (Å²) in [5.41, 5.74) is 0.189. The number of carboxylic acids is 1. The normalized spacial score (nSPS) is 17.2. The van der Waals surface area contributed by atoms with Gasteiger partial charge in [-0.15, -0.1) is 11.8 Å². The van der Waals surface area contributed by atoms with Crippen molar-refractivity contribution in [3.63, 3.8) is 0 Å². The van der Waals surface area contributed by atoms with Gasteiger partial charge >= 0.3 is 17.6 Å². The zero-order valence-corrected chi connectivity index (χ0v) is 28.6. The molecule has 0 unspecified atom stereocenters. The zero-order valence-electron chi connectivity index (χ0n) is 27.0. The number of esters is 1. The van der Waals surface area contributed by atoms with Crippen molar-refractivity contribution in [2.45, 2.75) is 74.9 Å². The van der Waals surface area contributed by atoms with Gasteiger partial charge in [-0.2, -0.15) is 4.31 Å². The summed E-state index contributed by atoms with van der Waals surface area (Å²) in [5, 5.41) is 12.1. The first-order chi connectivity index (χ1) is 22.5. The summed E-state index contributed by atoms with van der Waals surface area (Å²) in [6.07, 6.45) is 4.17. The van der Waals surface area contributed by atoms with Crippen molar-refractivity contribution in [2.24, 2.45) is 0 Å². The molecule has 5 rings (SSSR count). The maximum Gasteiger partial charge on any atom is 0.335 e. The number of amides is 1. The highest BCUT2D eigenvalue weighted by atomic mass is 32.2. The molecule has 14 nitrogen and oxygen atoms in total. The van der Waals surface area contributed by atoms with Crippen molar-refractivity contribution in [3.05, 3.63) is 83.2 Å². The number of carbonyl (C=O) groups is 3. The molecule has 3 aromatic heterocycles. The fourth-order valence-electron chi connectivity index (χ4n) is 5.46. The number of pyridine rings is 2. The number of nitrogens with one attached hydrogen (secondary N) is 1. The van der Waals surface area contributed by atoms with Crippen LogP contribution >= 0.6 is 11.8 Å². The summed E-state index contributed by atoms with van der Waals surface area (Å²) in [6, 6.07) is 10.4. The summed E-state index contributed by atoms with van der Waals surface area (Å²) >= 11 is 1.30. The van der Waals surface area contributed by atoms with Crippen LogP contribution in [0.15, 0.2) is 76.8 Å². The second-order valence-corrected chi connectivity index (χ2v) is 16.3. The molecule has 1 aliphatic heterocycles. The van der Waals surface area contributed by atoms with E-state index < -0.39 is 62.5 Å². The van der Waals surface area contributed by atoms with E-state index >= 15 is 0 Å². The third-order valence-corrected chi connectivity index (χ3v) is 11.0. The molecule has 4 heterocycles. The molecule has 0 aliphatic carbocycles. The van der Waals surface area contributed by atoms with Gasteiger partial charge in [-0.1, -0.05) is 12.1 Å². The van der Waals surface area contributed by atoms with E-state index in [9.17, 15) is 32.7 Å². The average Bonchev–Trinajstić information content (AvgIpc) is 3.49. The second kappa shape index (κ2) is 13.2. The third-order valence-electron chi connectivity index (χ3n) is 7.63. The number of imidazole rings is 1. The van der Waals surface area contributed by atoms with Gasteiger partial charge in [0.15, 0.2) is 5.65 Å². The number of hydrogen-bond donors (Lipinski definition) is 2. The number of ether oxygens (including phenoxy) is 1. The molecule has 1 aromatic carbocycles. The SMILES string of the molecule is CC(C)(C)OC(=O)[C@H](Cc1ccc(-n2c(=O)n(CC(=O)O)c3cccnc32)cc1)NC(=O)[C@H]1N(S(=O)(=O)c2cccnc2)CSC1(C)C. The number of fused-ring (bicyclic) bond motifs is 1. The fraction of sp³-hybridized carbons (Fsp3) is 0.375. The summed E-state index contributed by atoms with van der Waals surface area (Å²) in [4.78, 5) is 60.3. The van der Waals surface area contributed by atoms with Gasteiger partial charge in [-0.3, -0.25) is 19.1 Å². The van der Waals surface area contributed by atoms with Gasteiger partial charge in [0.2, 0.25) is 15.9 Å². The lowest BCUT2D eigenvalue weighted by atomic mass is 10.0. The molecule has 1 aliphatic rings. The molecule has 0 radical (unpaired) electrons. The van der Waals surface area contributed by atoms with E-state index in [1.165, 1.54) is 47.1 Å². The topological polar surface area (TPSA) is 183 Å².